The van der Waals surface area contributed by atoms with Gasteiger partial charge in [0.25, 0.3) is 0 Å². The van der Waals surface area contributed by atoms with Gasteiger partial charge in [0.15, 0.2) is 0 Å². The fraction of sp³-hybridized carbons (Fsp3) is 0.579. The predicted molar refractivity (Wildman–Crippen MR) is 104 cm³/mol. The van der Waals surface area contributed by atoms with Crippen LogP contribution in [0.15, 0.2) is 30.3 Å². The van der Waals surface area contributed by atoms with E-state index in [0.717, 1.165) is 11.8 Å². The van der Waals surface area contributed by atoms with Gasteiger partial charge in [-0.15, -0.1) is 0 Å². The topological polar surface area (TPSA) is 107 Å². The standard InChI is InChI=1S/C19H27N3O5S/c1-21-17(14-6-4-3-5-7-14)15(23)12-19(18(21)25)8-10-22(11-9-19)16(24)13-20-28(2,26)27/h3-7,15,17,20,23H,8-13H2,1-2H3/t15-,17+/m1/s1. The first-order valence-electron chi connectivity index (χ1n) is 9.36. The van der Waals surface area contributed by atoms with E-state index in [4.69, 9.17) is 0 Å². The molecule has 9 heteroatoms. The summed E-state index contributed by atoms with van der Waals surface area (Å²) < 4.78 is 24.5. The van der Waals surface area contributed by atoms with Gasteiger partial charge in [-0.25, -0.2) is 13.1 Å². The van der Waals surface area contributed by atoms with Crippen molar-refractivity contribution in [3.05, 3.63) is 35.9 Å². The van der Waals surface area contributed by atoms with Gasteiger partial charge in [0.1, 0.15) is 0 Å². The summed E-state index contributed by atoms with van der Waals surface area (Å²) in [5, 5.41) is 10.8. The third kappa shape index (κ3) is 4.21. The number of hydrogen-bond donors (Lipinski definition) is 2. The number of rotatable bonds is 4. The van der Waals surface area contributed by atoms with Crippen molar-refractivity contribution in [1.82, 2.24) is 14.5 Å². The third-order valence-corrected chi connectivity index (χ3v) is 6.52. The number of likely N-dealkylation sites (N-methyl/N-ethyl adjacent to an activating group) is 1. The highest BCUT2D eigenvalue weighted by molar-refractivity contribution is 7.88. The molecule has 0 aliphatic carbocycles. The van der Waals surface area contributed by atoms with Crippen molar-refractivity contribution >= 4 is 21.8 Å². The number of aliphatic hydroxyl groups is 1. The number of aliphatic hydroxyl groups excluding tert-OH is 1. The Bertz CT molecular complexity index is 834. The Balaban J connectivity index is 1.67. The van der Waals surface area contributed by atoms with Crippen LogP contribution < -0.4 is 4.72 Å². The average molecular weight is 410 g/mol. The molecule has 1 aromatic carbocycles. The average Bonchev–Trinajstić information content (AvgIpc) is 2.65. The van der Waals surface area contributed by atoms with Crippen LogP contribution in [0.3, 0.4) is 0 Å². The summed E-state index contributed by atoms with van der Waals surface area (Å²) >= 11 is 0. The third-order valence-electron chi connectivity index (χ3n) is 5.86. The van der Waals surface area contributed by atoms with E-state index >= 15 is 0 Å². The smallest absolute Gasteiger partial charge is 0.237 e. The van der Waals surface area contributed by atoms with Gasteiger partial charge in [-0.2, -0.15) is 0 Å². The van der Waals surface area contributed by atoms with Gasteiger partial charge in [0.05, 0.1) is 30.4 Å². The number of amides is 2. The van der Waals surface area contributed by atoms with E-state index in [9.17, 15) is 23.1 Å². The molecule has 0 saturated carbocycles. The molecule has 2 N–H and O–H groups in total. The van der Waals surface area contributed by atoms with Crippen LogP contribution in [0.1, 0.15) is 30.9 Å². The number of sulfonamides is 1. The molecule has 2 atom stereocenters. The SMILES string of the molecule is CN1C(=O)C2(CCN(C(=O)CNS(C)(=O)=O)CC2)C[C@@H](O)[C@@H]1c1ccccc1. The highest BCUT2D eigenvalue weighted by atomic mass is 32.2. The predicted octanol–water partition coefficient (Wildman–Crippen LogP) is 0.109. The number of likely N-dealkylation sites (tertiary alicyclic amines) is 2. The second-order valence-electron chi connectivity index (χ2n) is 7.80. The fourth-order valence-electron chi connectivity index (χ4n) is 4.36. The van der Waals surface area contributed by atoms with Crippen LogP contribution in [-0.2, 0) is 19.6 Å². The summed E-state index contributed by atoms with van der Waals surface area (Å²) in [7, 11) is -1.71. The molecule has 1 spiro atoms. The van der Waals surface area contributed by atoms with Crippen molar-refractivity contribution in [2.75, 3.05) is 32.9 Å². The number of hydrogen-bond acceptors (Lipinski definition) is 5. The van der Waals surface area contributed by atoms with Gasteiger partial charge in [-0.05, 0) is 24.8 Å². The first kappa shape index (κ1) is 20.8. The van der Waals surface area contributed by atoms with Crippen LogP contribution in [0.25, 0.3) is 0 Å². The Kier molecular flexibility index (Phi) is 5.79. The Morgan fingerprint density at radius 1 is 1.25 bits per heavy atom. The molecule has 154 valence electrons. The highest BCUT2D eigenvalue weighted by Crippen LogP contribution is 2.46. The molecule has 0 bridgehead atoms. The monoisotopic (exact) mass is 409 g/mol. The maximum atomic E-state index is 13.2. The van der Waals surface area contributed by atoms with E-state index in [0.29, 0.717) is 32.4 Å². The van der Waals surface area contributed by atoms with Crippen LogP contribution in [0.2, 0.25) is 0 Å². The van der Waals surface area contributed by atoms with Gasteiger partial charge < -0.3 is 14.9 Å². The van der Waals surface area contributed by atoms with Gasteiger partial charge in [0.2, 0.25) is 21.8 Å². The minimum atomic E-state index is -3.43. The van der Waals surface area contributed by atoms with Crippen LogP contribution in [-0.4, -0.2) is 74.2 Å². The molecule has 0 unspecified atom stereocenters. The zero-order valence-corrected chi connectivity index (χ0v) is 17.0. The lowest BCUT2D eigenvalue weighted by Gasteiger charge is -2.50. The zero-order chi connectivity index (χ0) is 20.5. The Morgan fingerprint density at radius 2 is 1.86 bits per heavy atom. The molecule has 2 fully saturated rings. The number of carbonyl (C=O) groups excluding carboxylic acids is 2. The van der Waals surface area contributed by atoms with E-state index in [1.807, 2.05) is 30.3 Å². The number of nitrogens with one attached hydrogen (secondary N) is 1. The molecule has 1 aromatic rings. The van der Waals surface area contributed by atoms with Gasteiger partial charge in [-0.3, -0.25) is 9.59 Å². The molecule has 28 heavy (non-hydrogen) atoms. The van der Waals surface area contributed by atoms with E-state index in [1.165, 1.54) is 0 Å². The first-order valence-corrected chi connectivity index (χ1v) is 11.2. The van der Waals surface area contributed by atoms with Gasteiger partial charge in [0, 0.05) is 20.1 Å². The van der Waals surface area contributed by atoms with E-state index in [1.54, 1.807) is 16.8 Å². The largest absolute Gasteiger partial charge is 0.391 e. The molecule has 2 saturated heterocycles. The quantitative estimate of drug-likeness (QED) is 0.734. The molecule has 0 aromatic heterocycles. The molecular weight excluding hydrogens is 382 g/mol. The second-order valence-corrected chi connectivity index (χ2v) is 9.63. The lowest BCUT2D eigenvalue weighted by molar-refractivity contribution is -0.163. The summed E-state index contributed by atoms with van der Waals surface area (Å²) in [5.74, 6) is -0.312. The normalized spacial score (nSPS) is 25.2. The lowest BCUT2D eigenvalue weighted by atomic mass is 9.68. The maximum Gasteiger partial charge on any atom is 0.237 e. The van der Waals surface area contributed by atoms with E-state index < -0.39 is 21.5 Å². The van der Waals surface area contributed by atoms with Crippen molar-refractivity contribution < 1.29 is 23.1 Å². The maximum absolute atomic E-state index is 13.2. The van der Waals surface area contributed by atoms with Crippen LogP contribution in [0, 0.1) is 5.41 Å². The minimum absolute atomic E-state index is 0.00647. The number of benzene rings is 1. The molecule has 2 aliphatic rings. The van der Waals surface area contributed by atoms with Crippen molar-refractivity contribution in [3.8, 4) is 0 Å². The number of piperidine rings is 2. The summed E-state index contributed by atoms with van der Waals surface area (Å²) in [6.07, 6.45) is 1.60. The minimum Gasteiger partial charge on any atom is -0.391 e. The van der Waals surface area contributed by atoms with Crippen LogP contribution >= 0.6 is 0 Å². The summed E-state index contributed by atoms with van der Waals surface area (Å²) in [6.45, 7) is 0.456. The van der Waals surface area contributed by atoms with Crippen LogP contribution in [0.5, 0.6) is 0 Å². The molecule has 2 heterocycles. The van der Waals surface area contributed by atoms with E-state index in [-0.39, 0.29) is 24.4 Å². The Hall–Kier alpha value is -1.97. The molecule has 2 aliphatic heterocycles. The second kappa shape index (κ2) is 7.81. The molecule has 3 rings (SSSR count). The fourth-order valence-corrected chi connectivity index (χ4v) is 4.75. The Morgan fingerprint density at radius 3 is 2.43 bits per heavy atom. The number of nitrogens with zero attached hydrogens (tertiary/aromatic N) is 2. The molecule has 0 radical (unpaired) electrons. The van der Waals surface area contributed by atoms with Crippen molar-refractivity contribution in [3.63, 3.8) is 0 Å². The lowest BCUT2D eigenvalue weighted by Crippen LogP contribution is -2.58. The van der Waals surface area contributed by atoms with Crippen LogP contribution in [0.4, 0.5) is 0 Å². The van der Waals surface area contributed by atoms with E-state index in [2.05, 4.69) is 4.72 Å². The zero-order valence-electron chi connectivity index (χ0n) is 16.2. The summed E-state index contributed by atoms with van der Waals surface area (Å²) in [4.78, 5) is 28.6. The van der Waals surface area contributed by atoms with Crippen molar-refractivity contribution in [2.45, 2.75) is 31.4 Å². The molecule has 8 nitrogen and oxygen atoms in total. The molecule has 2 amide bonds. The van der Waals surface area contributed by atoms with Crippen molar-refractivity contribution in [1.29, 1.82) is 0 Å². The van der Waals surface area contributed by atoms with Gasteiger partial charge in [-0.1, -0.05) is 30.3 Å². The van der Waals surface area contributed by atoms with Crippen molar-refractivity contribution in [2.24, 2.45) is 5.41 Å². The van der Waals surface area contributed by atoms with Gasteiger partial charge >= 0.3 is 0 Å². The summed E-state index contributed by atoms with van der Waals surface area (Å²) in [6, 6.07) is 9.11. The highest BCUT2D eigenvalue weighted by Gasteiger charge is 2.51. The first-order chi connectivity index (χ1) is 13.1. The molecular formula is C19H27N3O5S. The number of carbonyl (C=O) groups is 2. The Labute approximate surface area is 165 Å². The summed E-state index contributed by atoms with van der Waals surface area (Å²) in [5.41, 5.74) is 0.223.